The summed E-state index contributed by atoms with van der Waals surface area (Å²) in [5.74, 6) is 0.778. The summed E-state index contributed by atoms with van der Waals surface area (Å²) in [6.07, 6.45) is 0. The molecule has 0 radical (unpaired) electrons. The predicted octanol–water partition coefficient (Wildman–Crippen LogP) is 3.96. The Kier molecular flexibility index (Phi) is 4.48. The van der Waals surface area contributed by atoms with E-state index >= 15 is 0 Å². The van der Waals surface area contributed by atoms with Crippen LogP contribution in [0.5, 0.6) is 5.75 Å². The van der Waals surface area contributed by atoms with Crippen LogP contribution in [-0.4, -0.2) is 24.1 Å². The van der Waals surface area contributed by atoms with E-state index in [-0.39, 0.29) is 5.91 Å². The molecule has 0 saturated carbocycles. The quantitative estimate of drug-likeness (QED) is 0.703. The van der Waals surface area contributed by atoms with Crippen molar-refractivity contribution in [3.05, 3.63) is 96.1 Å². The highest BCUT2D eigenvalue weighted by Gasteiger charge is 2.55. The van der Waals surface area contributed by atoms with Crippen molar-refractivity contribution < 1.29 is 9.53 Å². The van der Waals surface area contributed by atoms with Crippen LogP contribution in [0.3, 0.4) is 0 Å². The smallest absolute Gasteiger partial charge is 0.270 e. The van der Waals surface area contributed by atoms with Gasteiger partial charge in [0.15, 0.2) is 0 Å². The molecule has 5 rings (SSSR count). The van der Waals surface area contributed by atoms with Crippen LogP contribution in [0, 0.1) is 0 Å². The van der Waals surface area contributed by atoms with E-state index in [1.165, 1.54) is 11.8 Å². The van der Waals surface area contributed by atoms with E-state index in [0.717, 1.165) is 27.6 Å². The Bertz CT molecular complexity index is 1070. The minimum Gasteiger partial charge on any atom is -0.492 e. The Morgan fingerprint density at radius 3 is 2.41 bits per heavy atom. The number of anilines is 1. The van der Waals surface area contributed by atoms with Gasteiger partial charge in [0.25, 0.3) is 5.91 Å². The minimum atomic E-state index is -0.922. The first-order valence-corrected chi connectivity index (χ1v) is 10.3. The van der Waals surface area contributed by atoms with Gasteiger partial charge in [-0.15, -0.1) is 0 Å². The van der Waals surface area contributed by atoms with E-state index in [9.17, 15) is 4.79 Å². The Balaban J connectivity index is 1.38. The highest BCUT2D eigenvalue weighted by Crippen LogP contribution is 2.50. The molecule has 2 aliphatic heterocycles. The Morgan fingerprint density at radius 2 is 1.62 bits per heavy atom. The van der Waals surface area contributed by atoms with Crippen molar-refractivity contribution in [2.75, 3.05) is 18.1 Å². The molecular formula is C23H19N3O2S. The number of thioether (sulfide) groups is 1. The van der Waals surface area contributed by atoms with Gasteiger partial charge in [0, 0.05) is 11.1 Å². The van der Waals surface area contributed by atoms with Crippen LogP contribution < -0.4 is 15.1 Å². The molecular weight excluding hydrogens is 382 g/mol. The molecule has 1 atom stereocenters. The lowest BCUT2D eigenvalue weighted by Gasteiger charge is -2.22. The lowest BCUT2D eigenvalue weighted by Crippen LogP contribution is -2.45. The highest BCUT2D eigenvalue weighted by molar-refractivity contribution is 8.16. The summed E-state index contributed by atoms with van der Waals surface area (Å²) in [5.41, 5.74) is 5.98. The van der Waals surface area contributed by atoms with Crippen LogP contribution in [0.25, 0.3) is 0 Å². The van der Waals surface area contributed by atoms with Gasteiger partial charge in [-0.3, -0.25) is 10.2 Å². The van der Waals surface area contributed by atoms with Gasteiger partial charge in [0.05, 0.1) is 12.2 Å². The van der Waals surface area contributed by atoms with Crippen molar-refractivity contribution in [1.82, 2.24) is 5.43 Å². The average Bonchev–Trinajstić information content (AvgIpc) is 3.33. The lowest BCUT2D eigenvalue weighted by molar-refractivity contribution is -0.121. The number of rotatable bonds is 5. The first-order chi connectivity index (χ1) is 14.3. The number of fused-ring (bicyclic) bond motifs is 2. The van der Waals surface area contributed by atoms with Crippen molar-refractivity contribution >= 4 is 28.4 Å². The topological polar surface area (TPSA) is 53.9 Å². The molecule has 0 fully saturated rings. The molecule has 2 aliphatic rings. The van der Waals surface area contributed by atoms with E-state index in [2.05, 4.69) is 10.5 Å². The van der Waals surface area contributed by atoms with E-state index in [0.29, 0.717) is 13.2 Å². The van der Waals surface area contributed by atoms with Gasteiger partial charge in [-0.1, -0.05) is 78.5 Å². The zero-order chi connectivity index (χ0) is 19.7. The Hall–Kier alpha value is -3.25. The second kappa shape index (κ2) is 7.29. The number of nitrogens with zero attached hydrogens (tertiary/aromatic N) is 2. The molecule has 5 nitrogen and oxygen atoms in total. The summed E-state index contributed by atoms with van der Waals surface area (Å²) in [5, 5.41) is 5.32. The maximum atomic E-state index is 13.5. The van der Waals surface area contributed by atoms with Gasteiger partial charge in [0.1, 0.15) is 17.4 Å². The van der Waals surface area contributed by atoms with Crippen LogP contribution in [0.15, 0.2) is 90.0 Å². The van der Waals surface area contributed by atoms with Gasteiger partial charge in [-0.05, 0) is 18.2 Å². The Morgan fingerprint density at radius 1 is 0.931 bits per heavy atom. The number of para-hydroxylation sites is 2. The number of amides is 1. The SMILES string of the molecule is O=C1N(CCOc2ccccc2)c2ccccc2[C@@]12NN=C(c1ccccc1)S2. The van der Waals surface area contributed by atoms with Gasteiger partial charge >= 0.3 is 0 Å². The summed E-state index contributed by atoms with van der Waals surface area (Å²) < 4.78 is 5.82. The first-order valence-electron chi connectivity index (χ1n) is 9.46. The molecule has 0 aromatic heterocycles. The maximum Gasteiger partial charge on any atom is 0.270 e. The fraction of sp³-hybridized carbons (Fsp3) is 0.130. The summed E-state index contributed by atoms with van der Waals surface area (Å²) in [6, 6.07) is 27.4. The van der Waals surface area contributed by atoms with Gasteiger partial charge in [-0.2, -0.15) is 5.10 Å². The van der Waals surface area contributed by atoms with Crippen LogP contribution in [0.1, 0.15) is 11.1 Å². The predicted molar refractivity (Wildman–Crippen MR) is 116 cm³/mol. The molecule has 144 valence electrons. The van der Waals surface area contributed by atoms with Gasteiger partial charge < -0.3 is 9.64 Å². The molecule has 1 amide bonds. The van der Waals surface area contributed by atoms with Crippen molar-refractivity contribution in [1.29, 1.82) is 0 Å². The summed E-state index contributed by atoms with van der Waals surface area (Å²) >= 11 is 1.46. The molecule has 1 spiro atoms. The molecule has 0 bridgehead atoms. The number of carbonyl (C=O) groups excluding carboxylic acids is 1. The lowest BCUT2D eigenvalue weighted by atomic mass is 10.1. The molecule has 3 aromatic rings. The third-order valence-corrected chi connectivity index (χ3v) is 6.35. The molecule has 0 unspecified atom stereocenters. The largest absolute Gasteiger partial charge is 0.492 e. The third-order valence-electron chi connectivity index (χ3n) is 5.03. The molecule has 2 heterocycles. The maximum absolute atomic E-state index is 13.5. The average molecular weight is 401 g/mol. The molecule has 3 aromatic carbocycles. The first kappa shape index (κ1) is 17.8. The number of carbonyl (C=O) groups is 1. The fourth-order valence-electron chi connectivity index (χ4n) is 3.65. The van der Waals surface area contributed by atoms with E-state index < -0.39 is 4.87 Å². The van der Waals surface area contributed by atoms with Crippen LogP contribution in [-0.2, 0) is 9.67 Å². The van der Waals surface area contributed by atoms with Crippen molar-refractivity contribution in [2.24, 2.45) is 5.10 Å². The Labute approximate surface area is 173 Å². The minimum absolute atomic E-state index is 0.0185. The monoisotopic (exact) mass is 401 g/mol. The van der Waals surface area contributed by atoms with Crippen LogP contribution >= 0.6 is 11.8 Å². The zero-order valence-corrected chi connectivity index (χ0v) is 16.4. The molecule has 0 saturated heterocycles. The second-order valence-corrected chi connectivity index (χ2v) is 8.02. The summed E-state index contributed by atoms with van der Waals surface area (Å²) in [7, 11) is 0. The molecule has 0 aliphatic carbocycles. The number of nitrogens with one attached hydrogen (secondary N) is 1. The van der Waals surface area contributed by atoms with Crippen molar-refractivity contribution in [2.45, 2.75) is 4.87 Å². The van der Waals surface area contributed by atoms with Crippen LogP contribution in [0.4, 0.5) is 5.69 Å². The summed E-state index contributed by atoms with van der Waals surface area (Å²) in [6.45, 7) is 0.882. The van der Waals surface area contributed by atoms with E-state index in [4.69, 9.17) is 4.74 Å². The third kappa shape index (κ3) is 3.06. The number of benzene rings is 3. The molecule has 6 heteroatoms. The van der Waals surface area contributed by atoms with Crippen molar-refractivity contribution in [3.8, 4) is 5.75 Å². The van der Waals surface area contributed by atoms with E-state index in [1.54, 1.807) is 4.90 Å². The van der Waals surface area contributed by atoms with Crippen LogP contribution in [0.2, 0.25) is 0 Å². The normalized spacial score (nSPS) is 19.8. The number of ether oxygens (including phenoxy) is 1. The number of hydrogen-bond donors (Lipinski definition) is 1. The standard InChI is InChI=1S/C23H19N3O2S/c27-22-23(25-24-21(29-23)17-9-3-1-4-10-17)19-13-7-8-14-20(19)26(22)15-16-28-18-11-5-2-6-12-18/h1-14,25H,15-16H2/t23-/m0/s1. The van der Waals surface area contributed by atoms with Gasteiger partial charge in [0.2, 0.25) is 4.87 Å². The molecule has 29 heavy (non-hydrogen) atoms. The number of hydrazone groups is 1. The highest BCUT2D eigenvalue weighted by atomic mass is 32.2. The van der Waals surface area contributed by atoms with Gasteiger partial charge in [-0.25, -0.2) is 0 Å². The number of hydrogen-bond acceptors (Lipinski definition) is 5. The van der Waals surface area contributed by atoms with Crippen molar-refractivity contribution in [3.63, 3.8) is 0 Å². The fourth-order valence-corrected chi connectivity index (χ4v) is 4.85. The molecule has 1 N–H and O–H groups in total. The zero-order valence-electron chi connectivity index (χ0n) is 15.6. The second-order valence-electron chi connectivity index (χ2n) is 6.81. The van der Waals surface area contributed by atoms with E-state index in [1.807, 2.05) is 84.9 Å². The summed E-state index contributed by atoms with van der Waals surface area (Å²) in [4.78, 5) is 14.4.